The summed E-state index contributed by atoms with van der Waals surface area (Å²) in [5, 5.41) is 12.2. The molecule has 1 rings (SSSR count). The average Bonchev–Trinajstić information content (AvgIpc) is 2.50. The Kier molecular flexibility index (Phi) is 6.40. The predicted octanol–water partition coefficient (Wildman–Crippen LogP) is 3.25. The van der Waals surface area contributed by atoms with Crippen LogP contribution in [0.2, 0.25) is 0 Å². The molecule has 0 aliphatic heterocycles. The number of carboxylic acid groups (broad SMARTS) is 1. The first-order valence-electron chi connectivity index (χ1n) is 7.46. The minimum absolute atomic E-state index is 0.0914. The minimum atomic E-state index is -0.916. The predicted molar refractivity (Wildman–Crippen MR) is 82.7 cm³/mol. The van der Waals surface area contributed by atoms with Gasteiger partial charge in [-0.1, -0.05) is 57.5 Å². The molecule has 1 aromatic rings. The van der Waals surface area contributed by atoms with Crippen LogP contribution in [0.4, 0.5) is 0 Å². The van der Waals surface area contributed by atoms with E-state index >= 15 is 0 Å². The van der Waals surface area contributed by atoms with Crippen LogP contribution >= 0.6 is 0 Å². The van der Waals surface area contributed by atoms with E-state index in [0.29, 0.717) is 0 Å². The van der Waals surface area contributed by atoms with Crippen molar-refractivity contribution in [3.63, 3.8) is 0 Å². The van der Waals surface area contributed by atoms with E-state index in [1.54, 1.807) is 6.92 Å². The molecule has 4 unspecified atom stereocenters. The molecule has 0 aliphatic carbocycles. The van der Waals surface area contributed by atoms with Crippen molar-refractivity contribution in [2.75, 3.05) is 0 Å². The first-order chi connectivity index (χ1) is 9.88. The monoisotopic (exact) mass is 291 g/mol. The molecule has 0 heterocycles. The average molecular weight is 291 g/mol. The number of hydrogen-bond acceptors (Lipinski definition) is 2. The number of amides is 1. The van der Waals surface area contributed by atoms with Gasteiger partial charge in [0.05, 0.1) is 12.0 Å². The highest BCUT2D eigenvalue weighted by Crippen LogP contribution is 2.24. The van der Waals surface area contributed by atoms with Crippen LogP contribution in [0.5, 0.6) is 0 Å². The molecule has 0 fully saturated rings. The van der Waals surface area contributed by atoms with Crippen LogP contribution in [0.15, 0.2) is 30.3 Å². The number of carbonyl (C=O) groups is 2. The molecule has 0 bridgehead atoms. The zero-order chi connectivity index (χ0) is 16.0. The van der Waals surface area contributed by atoms with E-state index in [1.807, 2.05) is 51.1 Å². The lowest BCUT2D eigenvalue weighted by Gasteiger charge is -2.26. The number of nitrogens with one attached hydrogen (secondary N) is 1. The van der Waals surface area contributed by atoms with Gasteiger partial charge in [-0.05, 0) is 18.4 Å². The molecule has 4 nitrogen and oxygen atoms in total. The third kappa shape index (κ3) is 4.59. The normalized spacial score (nSPS) is 16.6. The maximum Gasteiger partial charge on any atom is 0.308 e. The van der Waals surface area contributed by atoms with Crippen LogP contribution in [0.3, 0.4) is 0 Å². The molecule has 1 amide bonds. The third-order valence-electron chi connectivity index (χ3n) is 4.26. The standard InChI is InChI=1S/C17H25NO3/c1-5-11(2)12(3)16(19)18-15(13(4)17(20)21)14-9-7-6-8-10-14/h6-13,15H,5H2,1-4H3,(H,18,19)(H,20,21). The van der Waals surface area contributed by atoms with Gasteiger partial charge in [0.25, 0.3) is 0 Å². The van der Waals surface area contributed by atoms with Gasteiger partial charge in [0.15, 0.2) is 0 Å². The van der Waals surface area contributed by atoms with Crippen molar-refractivity contribution in [2.45, 2.75) is 40.2 Å². The van der Waals surface area contributed by atoms with Gasteiger partial charge in [-0.2, -0.15) is 0 Å². The molecule has 0 spiro atoms. The summed E-state index contributed by atoms with van der Waals surface area (Å²) in [4.78, 5) is 23.7. The number of aliphatic carboxylic acids is 1. The van der Waals surface area contributed by atoms with E-state index < -0.39 is 17.9 Å². The quantitative estimate of drug-likeness (QED) is 0.810. The van der Waals surface area contributed by atoms with Gasteiger partial charge in [-0.25, -0.2) is 0 Å². The molecule has 4 atom stereocenters. The van der Waals surface area contributed by atoms with Gasteiger partial charge >= 0.3 is 5.97 Å². The molecule has 21 heavy (non-hydrogen) atoms. The lowest BCUT2D eigenvalue weighted by molar-refractivity contribution is -0.142. The summed E-state index contributed by atoms with van der Waals surface area (Å²) in [6, 6.07) is 8.75. The molecular formula is C17H25NO3. The van der Waals surface area contributed by atoms with Crippen LogP contribution < -0.4 is 5.32 Å². The van der Waals surface area contributed by atoms with Crippen LogP contribution in [-0.2, 0) is 9.59 Å². The number of hydrogen-bond donors (Lipinski definition) is 2. The zero-order valence-electron chi connectivity index (χ0n) is 13.2. The van der Waals surface area contributed by atoms with Gasteiger partial charge in [0, 0.05) is 5.92 Å². The van der Waals surface area contributed by atoms with Crippen molar-refractivity contribution in [3.05, 3.63) is 35.9 Å². The minimum Gasteiger partial charge on any atom is -0.481 e. The molecule has 116 valence electrons. The topological polar surface area (TPSA) is 66.4 Å². The summed E-state index contributed by atoms with van der Waals surface area (Å²) in [7, 11) is 0. The highest BCUT2D eigenvalue weighted by atomic mass is 16.4. The molecule has 4 heteroatoms. The largest absolute Gasteiger partial charge is 0.481 e. The number of rotatable bonds is 7. The molecule has 0 radical (unpaired) electrons. The Bertz CT molecular complexity index is 472. The zero-order valence-corrected chi connectivity index (χ0v) is 13.2. The second kappa shape index (κ2) is 7.81. The van der Waals surface area contributed by atoms with E-state index in [0.717, 1.165) is 12.0 Å². The molecule has 0 saturated carbocycles. The molecule has 1 aromatic carbocycles. The van der Waals surface area contributed by atoms with E-state index in [2.05, 4.69) is 5.32 Å². The van der Waals surface area contributed by atoms with Gasteiger partial charge in [0.1, 0.15) is 0 Å². The Hall–Kier alpha value is -1.84. The number of carboxylic acids is 1. The number of benzene rings is 1. The Morgan fingerprint density at radius 1 is 1.10 bits per heavy atom. The summed E-state index contributed by atoms with van der Waals surface area (Å²) in [6.45, 7) is 7.58. The fourth-order valence-corrected chi connectivity index (χ4v) is 2.20. The maximum atomic E-state index is 12.4. The van der Waals surface area contributed by atoms with Gasteiger partial charge in [-0.3, -0.25) is 9.59 Å². The van der Waals surface area contributed by atoms with Crippen molar-refractivity contribution < 1.29 is 14.7 Å². The van der Waals surface area contributed by atoms with Crippen LogP contribution in [0, 0.1) is 17.8 Å². The van der Waals surface area contributed by atoms with Crippen LogP contribution in [0.1, 0.15) is 45.7 Å². The fraction of sp³-hybridized carbons (Fsp3) is 0.529. The lowest BCUT2D eigenvalue weighted by atomic mass is 9.90. The van der Waals surface area contributed by atoms with Crippen LogP contribution in [0.25, 0.3) is 0 Å². The second-order valence-corrected chi connectivity index (χ2v) is 5.70. The van der Waals surface area contributed by atoms with E-state index in [9.17, 15) is 14.7 Å². The van der Waals surface area contributed by atoms with Gasteiger partial charge in [0.2, 0.25) is 5.91 Å². The first-order valence-corrected chi connectivity index (χ1v) is 7.46. The van der Waals surface area contributed by atoms with Gasteiger partial charge < -0.3 is 10.4 Å². The smallest absolute Gasteiger partial charge is 0.308 e. The Morgan fingerprint density at radius 2 is 1.67 bits per heavy atom. The summed E-state index contributed by atoms with van der Waals surface area (Å²) < 4.78 is 0. The van der Waals surface area contributed by atoms with Crippen molar-refractivity contribution in [1.29, 1.82) is 0 Å². The van der Waals surface area contributed by atoms with Gasteiger partial charge in [-0.15, -0.1) is 0 Å². The van der Waals surface area contributed by atoms with Crippen LogP contribution in [-0.4, -0.2) is 17.0 Å². The summed E-state index contributed by atoms with van der Waals surface area (Å²) in [5.41, 5.74) is 0.817. The van der Waals surface area contributed by atoms with Crippen molar-refractivity contribution in [1.82, 2.24) is 5.32 Å². The summed E-state index contributed by atoms with van der Waals surface area (Å²) in [6.07, 6.45) is 0.916. The molecule has 0 saturated heterocycles. The summed E-state index contributed by atoms with van der Waals surface area (Å²) in [5.74, 6) is -1.56. The Morgan fingerprint density at radius 3 is 2.14 bits per heavy atom. The molecule has 2 N–H and O–H groups in total. The molecule has 0 aliphatic rings. The first kappa shape index (κ1) is 17.2. The lowest BCUT2D eigenvalue weighted by Crippen LogP contribution is -2.39. The Balaban J connectivity index is 2.94. The fourth-order valence-electron chi connectivity index (χ4n) is 2.20. The van der Waals surface area contributed by atoms with E-state index in [1.165, 1.54) is 0 Å². The third-order valence-corrected chi connectivity index (χ3v) is 4.26. The van der Waals surface area contributed by atoms with Crippen molar-refractivity contribution in [2.24, 2.45) is 17.8 Å². The second-order valence-electron chi connectivity index (χ2n) is 5.70. The number of carbonyl (C=O) groups excluding carboxylic acids is 1. The van der Waals surface area contributed by atoms with E-state index in [-0.39, 0.29) is 17.7 Å². The Labute approximate surface area is 126 Å². The van der Waals surface area contributed by atoms with Crippen molar-refractivity contribution in [3.8, 4) is 0 Å². The summed E-state index contributed by atoms with van der Waals surface area (Å²) >= 11 is 0. The maximum absolute atomic E-state index is 12.4. The SMILES string of the molecule is CCC(C)C(C)C(=O)NC(c1ccccc1)C(C)C(=O)O. The van der Waals surface area contributed by atoms with Crippen molar-refractivity contribution >= 4 is 11.9 Å². The molecule has 0 aromatic heterocycles. The highest BCUT2D eigenvalue weighted by Gasteiger charge is 2.29. The van der Waals surface area contributed by atoms with E-state index in [4.69, 9.17) is 0 Å². The highest BCUT2D eigenvalue weighted by molar-refractivity contribution is 5.80. The molecular weight excluding hydrogens is 266 g/mol.